The molecule has 4 rings (SSSR count). The SMILES string of the molecule is CCn1c(OC(=O)N(c2ccccc2)c2ccccc2)cc2ccccc2c1=O. The van der Waals surface area contributed by atoms with Gasteiger partial charge in [0.25, 0.3) is 5.56 Å². The molecule has 0 atom stereocenters. The molecule has 29 heavy (non-hydrogen) atoms. The van der Waals surface area contributed by atoms with Gasteiger partial charge in [0.05, 0.1) is 11.4 Å². The predicted molar refractivity (Wildman–Crippen MR) is 115 cm³/mol. The van der Waals surface area contributed by atoms with Crippen LogP contribution < -0.4 is 15.2 Å². The van der Waals surface area contributed by atoms with Crippen molar-refractivity contribution < 1.29 is 9.53 Å². The van der Waals surface area contributed by atoms with Crippen LogP contribution in [0.3, 0.4) is 0 Å². The standard InChI is InChI=1S/C24H20N2O3/c1-2-25-22(17-18-11-9-10-16-21(18)23(25)27)29-24(28)26(19-12-5-3-6-13-19)20-14-7-4-8-15-20/h3-17H,2H2,1H3. The Morgan fingerprint density at radius 1 is 0.862 bits per heavy atom. The Morgan fingerprint density at radius 2 is 1.41 bits per heavy atom. The summed E-state index contributed by atoms with van der Waals surface area (Å²) in [4.78, 5) is 27.5. The molecule has 0 bridgehead atoms. The van der Waals surface area contributed by atoms with E-state index in [1.54, 1.807) is 12.1 Å². The maximum atomic E-state index is 13.2. The third-order valence-corrected chi connectivity index (χ3v) is 4.70. The quantitative estimate of drug-likeness (QED) is 0.476. The van der Waals surface area contributed by atoms with Gasteiger partial charge in [0, 0.05) is 18.0 Å². The molecule has 0 radical (unpaired) electrons. The summed E-state index contributed by atoms with van der Waals surface area (Å²) < 4.78 is 7.21. The lowest BCUT2D eigenvalue weighted by atomic mass is 10.2. The topological polar surface area (TPSA) is 51.5 Å². The van der Waals surface area contributed by atoms with Gasteiger partial charge in [0.1, 0.15) is 0 Å². The van der Waals surface area contributed by atoms with Crippen molar-refractivity contribution in [1.29, 1.82) is 0 Å². The largest absolute Gasteiger partial charge is 0.425 e. The van der Waals surface area contributed by atoms with E-state index in [0.29, 0.717) is 23.3 Å². The lowest BCUT2D eigenvalue weighted by Crippen LogP contribution is -2.31. The molecule has 3 aromatic carbocycles. The van der Waals surface area contributed by atoms with Crippen molar-refractivity contribution in [3.05, 3.63) is 101 Å². The highest BCUT2D eigenvalue weighted by Crippen LogP contribution is 2.27. The second-order valence-electron chi connectivity index (χ2n) is 6.49. The average Bonchev–Trinajstić information content (AvgIpc) is 2.76. The lowest BCUT2D eigenvalue weighted by molar-refractivity contribution is 0.206. The molecule has 0 unspecified atom stereocenters. The van der Waals surface area contributed by atoms with Crippen molar-refractivity contribution in [3.8, 4) is 5.88 Å². The van der Waals surface area contributed by atoms with Crippen molar-refractivity contribution in [2.24, 2.45) is 0 Å². The van der Waals surface area contributed by atoms with Gasteiger partial charge in [0.15, 0.2) is 0 Å². The average molecular weight is 384 g/mol. The Bertz CT molecular complexity index is 1160. The van der Waals surface area contributed by atoms with E-state index in [0.717, 1.165) is 5.39 Å². The van der Waals surface area contributed by atoms with Crippen LogP contribution in [0.25, 0.3) is 10.8 Å². The maximum absolute atomic E-state index is 13.2. The van der Waals surface area contributed by atoms with E-state index in [-0.39, 0.29) is 11.4 Å². The summed E-state index contributed by atoms with van der Waals surface area (Å²) >= 11 is 0. The van der Waals surface area contributed by atoms with Crippen LogP contribution in [0.4, 0.5) is 16.2 Å². The summed E-state index contributed by atoms with van der Waals surface area (Å²) in [5, 5.41) is 1.33. The highest BCUT2D eigenvalue weighted by atomic mass is 16.6. The number of nitrogens with zero attached hydrogens (tertiary/aromatic N) is 2. The molecule has 1 heterocycles. The van der Waals surface area contributed by atoms with E-state index >= 15 is 0 Å². The van der Waals surface area contributed by atoms with E-state index in [9.17, 15) is 9.59 Å². The van der Waals surface area contributed by atoms with E-state index in [1.165, 1.54) is 9.47 Å². The van der Waals surface area contributed by atoms with E-state index in [1.807, 2.05) is 85.8 Å². The van der Waals surface area contributed by atoms with Gasteiger partial charge >= 0.3 is 6.09 Å². The van der Waals surface area contributed by atoms with Crippen LogP contribution in [0.2, 0.25) is 0 Å². The number of ether oxygens (including phenoxy) is 1. The zero-order valence-corrected chi connectivity index (χ0v) is 16.0. The van der Waals surface area contributed by atoms with Crippen LogP contribution in [-0.2, 0) is 6.54 Å². The summed E-state index contributed by atoms with van der Waals surface area (Å²) in [5.41, 5.74) is 1.17. The van der Waals surface area contributed by atoms with Gasteiger partial charge in [-0.3, -0.25) is 9.36 Å². The summed E-state index contributed by atoms with van der Waals surface area (Å²) in [6.45, 7) is 2.24. The molecule has 0 saturated heterocycles. The fraction of sp³-hybridized carbons (Fsp3) is 0.0833. The number of benzene rings is 3. The van der Waals surface area contributed by atoms with Crippen LogP contribution in [0.15, 0.2) is 95.8 Å². The zero-order chi connectivity index (χ0) is 20.2. The number of amides is 1. The predicted octanol–water partition coefficient (Wildman–Crippen LogP) is 5.36. The highest BCUT2D eigenvalue weighted by Gasteiger charge is 2.22. The monoisotopic (exact) mass is 384 g/mol. The van der Waals surface area contributed by atoms with Gasteiger partial charge in [0.2, 0.25) is 5.88 Å². The van der Waals surface area contributed by atoms with Crippen LogP contribution in [0.5, 0.6) is 5.88 Å². The Balaban J connectivity index is 1.78. The number of hydrogen-bond donors (Lipinski definition) is 0. The van der Waals surface area contributed by atoms with Crippen LogP contribution in [0, 0.1) is 0 Å². The summed E-state index contributed by atoms with van der Waals surface area (Å²) in [6, 6.07) is 27.5. The van der Waals surface area contributed by atoms with Crippen LogP contribution >= 0.6 is 0 Å². The molecular weight excluding hydrogens is 364 g/mol. The van der Waals surface area contributed by atoms with E-state index in [4.69, 9.17) is 4.74 Å². The van der Waals surface area contributed by atoms with Crippen molar-refractivity contribution in [2.75, 3.05) is 4.90 Å². The van der Waals surface area contributed by atoms with Gasteiger partial charge in [-0.05, 0) is 42.6 Å². The number of hydrogen-bond acceptors (Lipinski definition) is 3. The van der Waals surface area contributed by atoms with Gasteiger partial charge in [-0.15, -0.1) is 0 Å². The molecule has 1 aromatic heterocycles. The normalized spacial score (nSPS) is 10.7. The number of fused-ring (bicyclic) bond motifs is 1. The fourth-order valence-corrected chi connectivity index (χ4v) is 3.31. The first-order valence-electron chi connectivity index (χ1n) is 9.43. The van der Waals surface area contributed by atoms with Gasteiger partial charge in [-0.1, -0.05) is 54.6 Å². The molecule has 1 amide bonds. The first kappa shape index (κ1) is 18.5. The Kier molecular flexibility index (Phi) is 5.12. The van der Waals surface area contributed by atoms with E-state index < -0.39 is 6.09 Å². The Hall–Kier alpha value is -3.86. The second kappa shape index (κ2) is 8.02. The Labute approximate surface area is 168 Å². The molecule has 5 heteroatoms. The minimum Gasteiger partial charge on any atom is -0.392 e. The highest BCUT2D eigenvalue weighted by molar-refractivity contribution is 5.97. The molecule has 4 aromatic rings. The minimum atomic E-state index is -0.584. The zero-order valence-electron chi connectivity index (χ0n) is 16.0. The summed E-state index contributed by atoms with van der Waals surface area (Å²) in [5.74, 6) is 0.220. The maximum Gasteiger partial charge on any atom is 0.425 e. The molecule has 0 N–H and O–H groups in total. The molecule has 0 aliphatic heterocycles. The Morgan fingerprint density at radius 3 is 2.00 bits per heavy atom. The van der Waals surface area contributed by atoms with Gasteiger partial charge in [-0.2, -0.15) is 0 Å². The lowest BCUT2D eigenvalue weighted by Gasteiger charge is -2.23. The molecule has 144 valence electrons. The third-order valence-electron chi connectivity index (χ3n) is 4.70. The fourth-order valence-electron chi connectivity index (χ4n) is 3.31. The van der Waals surface area contributed by atoms with Crippen LogP contribution in [0.1, 0.15) is 6.92 Å². The number of aromatic nitrogens is 1. The summed E-state index contributed by atoms with van der Waals surface area (Å²) in [6.07, 6.45) is -0.584. The molecule has 5 nitrogen and oxygen atoms in total. The van der Waals surface area contributed by atoms with Crippen molar-refractivity contribution >= 4 is 28.2 Å². The third kappa shape index (κ3) is 3.62. The van der Waals surface area contributed by atoms with Gasteiger partial charge < -0.3 is 4.74 Å². The van der Waals surface area contributed by atoms with Crippen molar-refractivity contribution in [2.45, 2.75) is 13.5 Å². The first-order valence-corrected chi connectivity index (χ1v) is 9.43. The number of carbonyl (C=O) groups excluding carboxylic acids is 1. The molecule has 0 aliphatic carbocycles. The molecule has 0 spiro atoms. The first-order chi connectivity index (χ1) is 14.2. The molecule has 0 saturated carbocycles. The van der Waals surface area contributed by atoms with Crippen molar-refractivity contribution in [1.82, 2.24) is 4.57 Å². The van der Waals surface area contributed by atoms with Crippen molar-refractivity contribution in [3.63, 3.8) is 0 Å². The molecule has 0 fully saturated rings. The second-order valence-corrected chi connectivity index (χ2v) is 6.49. The smallest absolute Gasteiger partial charge is 0.392 e. The molecular formula is C24H20N2O3. The number of para-hydroxylation sites is 2. The minimum absolute atomic E-state index is 0.181. The number of carbonyl (C=O) groups is 1. The number of pyridine rings is 1. The summed E-state index contributed by atoms with van der Waals surface area (Å²) in [7, 11) is 0. The number of rotatable bonds is 4. The molecule has 0 aliphatic rings. The van der Waals surface area contributed by atoms with E-state index in [2.05, 4.69) is 0 Å². The van der Waals surface area contributed by atoms with Gasteiger partial charge in [-0.25, -0.2) is 9.69 Å². The van der Waals surface area contributed by atoms with Crippen LogP contribution in [-0.4, -0.2) is 10.7 Å². The number of anilines is 2.